The number of hydrogen-bond acceptors (Lipinski definition) is 5. The van der Waals surface area contributed by atoms with E-state index < -0.39 is 20.2 Å². The third-order valence-electron chi connectivity index (χ3n) is 12.0. The number of benzene rings is 4. The first kappa shape index (κ1) is 37.7. The molecule has 4 atom stereocenters. The molecule has 6 nitrogen and oxygen atoms in total. The maximum absolute atomic E-state index is 14.3. The lowest BCUT2D eigenvalue weighted by molar-refractivity contribution is -0.122. The topological polar surface area (TPSA) is 76.1 Å². The Morgan fingerprint density at radius 3 is 2.00 bits per heavy atom. The number of aromatic hydroxyl groups is 1. The van der Waals surface area contributed by atoms with E-state index in [1.807, 2.05) is 56.3 Å². The fourth-order valence-corrected chi connectivity index (χ4v) is 13.9. The van der Waals surface area contributed by atoms with Gasteiger partial charge in [0.1, 0.15) is 5.75 Å². The minimum Gasteiger partial charge on any atom is -0.507 e. The molecule has 7 rings (SSSR count). The van der Waals surface area contributed by atoms with Crippen molar-refractivity contribution in [1.82, 2.24) is 0 Å². The second-order valence-electron chi connectivity index (χ2n) is 16.3. The van der Waals surface area contributed by atoms with Crippen LogP contribution in [0.2, 0.25) is 5.04 Å². The second-order valence-corrected chi connectivity index (χ2v) is 20.6. The standard InChI is InChI=1S/C47H53NO5Si/c1-7-33(27-34-25-31(2)44(49)32(3)26-34)23-24-41-42-35(28-39-43(40(42)30-52-41)46(51)48(45(39)50)36-17-11-8-12-18-36)29-53-54(47(4,5)6,37-19-13-9-14-20-37)38-21-15-10-16-22-38/h8-22,25-27,39-41,43,49H,7,23-24,28-30H2,1-6H3/b33-27+/t39-,40+,41-,43-/m1/s1. The van der Waals surface area contributed by atoms with E-state index in [9.17, 15) is 14.7 Å². The van der Waals surface area contributed by atoms with E-state index >= 15 is 0 Å². The van der Waals surface area contributed by atoms with Gasteiger partial charge in [-0.2, -0.15) is 0 Å². The lowest BCUT2D eigenvalue weighted by atomic mass is 9.69. The molecule has 0 spiro atoms. The van der Waals surface area contributed by atoms with Gasteiger partial charge in [0.2, 0.25) is 11.8 Å². The maximum Gasteiger partial charge on any atom is 0.261 e. The Bertz CT molecular complexity index is 2000. The summed E-state index contributed by atoms with van der Waals surface area (Å²) in [5, 5.41) is 12.6. The Hall–Kier alpha value is -4.56. The quantitative estimate of drug-likeness (QED) is 0.0947. The van der Waals surface area contributed by atoms with Crippen LogP contribution in [0.1, 0.15) is 70.1 Å². The van der Waals surface area contributed by atoms with Crippen LogP contribution in [0.25, 0.3) is 6.08 Å². The number of carbonyl (C=O) groups excluding carboxylic acids is 2. The van der Waals surface area contributed by atoms with Gasteiger partial charge in [0, 0.05) is 5.92 Å². The fraction of sp³-hybridized carbons (Fsp3) is 0.362. The number of ether oxygens (including phenoxy) is 1. The van der Waals surface area contributed by atoms with Gasteiger partial charge < -0.3 is 14.3 Å². The van der Waals surface area contributed by atoms with E-state index in [0.29, 0.717) is 31.1 Å². The highest BCUT2D eigenvalue weighted by atomic mass is 28.4. The SMILES string of the molecule is CC/C(=C\c1cc(C)c(O)c(C)c1)CC[C@H]1OC[C@H]2C1=C(CO[Si](c1ccccc1)(c1ccccc1)C(C)(C)C)C[C@H]1C(=O)N(c3ccccc3)C(=O)[C@H]12. The number of amides is 2. The molecular formula is C47H53NO5Si. The fourth-order valence-electron chi connectivity index (χ4n) is 9.37. The van der Waals surface area contributed by atoms with Gasteiger partial charge in [-0.05, 0) is 107 Å². The van der Waals surface area contributed by atoms with Gasteiger partial charge in [0.25, 0.3) is 8.32 Å². The first-order valence-electron chi connectivity index (χ1n) is 19.5. The van der Waals surface area contributed by atoms with Crippen molar-refractivity contribution in [2.75, 3.05) is 18.1 Å². The molecular weight excluding hydrogens is 687 g/mol. The summed E-state index contributed by atoms with van der Waals surface area (Å²) >= 11 is 0. The first-order valence-corrected chi connectivity index (χ1v) is 21.4. The molecule has 54 heavy (non-hydrogen) atoms. The highest BCUT2D eigenvalue weighted by Gasteiger charge is 2.58. The third kappa shape index (κ3) is 6.82. The molecule has 1 N–H and O–H groups in total. The molecule has 0 bridgehead atoms. The molecule has 7 heteroatoms. The molecule has 2 saturated heterocycles. The van der Waals surface area contributed by atoms with Crippen LogP contribution in [-0.2, 0) is 18.8 Å². The Balaban J connectivity index is 1.27. The van der Waals surface area contributed by atoms with E-state index in [1.165, 1.54) is 20.8 Å². The number of allylic oxidation sites excluding steroid dienone is 1. The normalized spacial score (nSPS) is 21.8. The second kappa shape index (κ2) is 15.3. The summed E-state index contributed by atoms with van der Waals surface area (Å²) in [6, 6.07) is 34.7. The van der Waals surface area contributed by atoms with Crippen molar-refractivity contribution in [2.24, 2.45) is 17.8 Å². The molecule has 2 heterocycles. The van der Waals surface area contributed by atoms with Crippen LogP contribution in [0.15, 0.2) is 120 Å². The number of aryl methyl sites for hydroxylation is 2. The molecule has 4 aromatic rings. The number of rotatable bonds is 11. The highest BCUT2D eigenvalue weighted by Crippen LogP contribution is 2.51. The van der Waals surface area contributed by atoms with E-state index in [4.69, 9.17) is 9.16 Å². The van der Waals surface area contributed by atoms with Gasteiger partial charge in [-0.15, -0.1) is 0 Å². The lowest BCUT2D eigenvalue weighted by Crippen LogP contribution is -2.66. The molecule has 2 aliphatic heterocycles. The number of imide groups is 1. The summed E-state index contributed by atoms with van der Waals surface area (Å²) < 4.78 is 14.2. The first-order chi connectivity index (χ1) is 25.9. The maximum atomic E-state index is 14.3. The Labute approximate surface area is 321 Å². The molecule has 3 aliphatic rings. The van der Waals surface area contributed by atoms with Crippen LogP contribution < -0.4 is 15.3 Å². The lowest BCUT2D eigenvalue weighted by Gasteiger charge is -2.44. The molecule has 2 fully saturated rings. The number of nitrogens with zero attached hydrogens (tertiary/aromatic N) is 1. The Morgan fingerprint density at radius 1 is 0.870 bits per heavy atom. The number of fused-ring (bicyclic) bond motifs is 3. The number of carbonyl (C=O) groups is 2. The zero-order valence-electron chi connectivity index (χ0n) is 32.5. The van der Waals surface area contributed by atoms with E-state index in [1.54, 1.807) is 0 Å². The zero-order valence-corrected chi connectivity index (χ0v) is 33.5. The van der Waals surface area contributed by atoms with Gasteiger partial charge in [0.15, 0.2) is 0 Å². The number of anilines is 1. The van der Waals surface area contributed by atoms with Crippen LogP contribution in [0, 0.1) is 31.6 Å². The highest BCUT2D eigenvalue weighted by molar-refractivity contribution is 6.99. The smallest absolute Gasteiger partial charge is 0.261 e. The van der Waals surface area contributed by atoms with Crippen LogP contribution in [0.5, 0.6) is 5.75 Å². The van der Waals surface area contributed by atoms with E-state index in [2.05, 4.69) is 94.4 Å². The molecule has 0 saturated carbocycles. The van der Waals surface area contributed by atoms with Gasteiger partial charge in [0.05, 0.1) is 36.8 Å². The number of phenols is 1. The zero-order chi connectivity index (χ0) is 38.2. The van der Waals surface area contributed by atoms with Crippen LogP contribution in [-0.4, -0.2) is 44.6 Å². The van der Waals surface area contributed by atoms with E-state index in [-0.39, 0.29) is 28.9 Å². The van der Waals surface area contributed by atoms with Gasteiger partial charge >= 0.3 is 0 Å². The monoisotopic (exact) mass is 739 g/mol. The summed E-state index contributed by atoms with van der Waals surface area (Å²) in [4.78, 5) is 30.0. The Kier molecular flexibility index (Phi) is 10.7. The third-order valence-corrected chi connectivity index (χ3v) is 17.0. The molecule has 0 radical (unpaired) electrons. The largest absolute Gasteiger partial charge is 0.507 e. The minimum atomic E-state index is -2.89. The average molecular weight is 740 g/mol. The average Bonchev–Trinajstić information content (AvgIpc) is 3.70. The van der Waals surface area contributed by atoms with Crippen molar-refractivity contribution >= 4 is 42.3 Å². The summed E-state index contributed by atoms with van der Waals surface area (Å²) in [6.07, 6.45) is 5.02. The summed E-state index contributed by atoms with van der Waals surface area (Å²) in [5.74, 6) is -1.01. The molecule has 0 aromatic heterocycles. The van der Waals surface area contributed by atoms with Crippen molar-refractivity contribution < 1.29 is 23.9 Å². The minimum absolute atomic E-state index is 0.123. The predicted octanol–water partition coefficient (Wildman–Crippen LogP) is 8.68. The van der Waals surface area contributed by atoms with Crippen molar-refractivity contribution in [2.45, 2.75) is 78.4 Å². The van der Waals surface area contributed by atoms with Crippen LogP contribution in [0.4, 0.5) is 5.69 Å². The molecule has 4 aromatic carbocycles. The number of phenolic OH excluding ortho intramolecular Hbond substituents is 1. The van der Waals surface area contributed by atoms with Gasteiger partial charge in [-0.3, -0.25) is 14.5 Å². The molecule has 2 amide bonds. The summed E-state index contributed by atoms with van der Waals surface area (Å²) in [5.41, 5.74) is 7.02. The number of para-hydroxylation sites is 1. The molecule has 280 valence electrons. The van der Waals surface area contributed by atoms with Crippen molar-refractivity contribution in [3.8, 4) is 5.75 Å². The molecule has 0 unspecified atom stereocenters. The van der Waals surface area contributed by atoms with Crippen molar-refractivity contribution in [3.63, 3.8) is 0 Å². The Morgan fingerprint density at radius 2 is 1.44 bits per heavy atom. The van der Waals surface area contributed by atoms with Gasteiger partial charge in [-0.25, -0.2) is 0 Å². The van der Waals surface area contributed by atoms with E-state index in [0.717, 1.165) is 47.1 Å². The van der Waals surface area contributed by atoms with Crippen LogP contribution in [0.3, 0.4) is 0 Å². The molecule has 1 aliphatic carbocycles. The van der Waals surface area contributed by atoms with Crippen molar-refractivity contribution in [1.29, 1.82) is 0 Å². The van der Waals surface area contributed by atoms with Gasteiger partial charge in [-0.1, -0.05) is 118 Å². The predicted molar refractivity (Wildman–Crippen MR) is 219 cm³/mol. The summed E-state index contributed by atoms with van der Waals surface area (Å²) in [6.45, 7) is 13.7. The number of hydrogen-bond donors (Lipinski definition) is 1. The van der Waals surface area contributed by atoms with Crippen molar-refractivity contribution in [3.05, 3.63) is 137 Å². The van der Waals surface area contributed by atoms with Crippen LogP contribution >= 0.6 is 0 Å². The summed E-state index contributed by atoms with van der Waals surface area (Å²) in [7, 11) is -2.89.